The Balaban J connectivity index is 2.13. The maximum absolute atomic E-state index is 14.4. The highest BCUT2D eigenvalue weighted by Crippen LogP contribution is 2.24. The molecule has 0 aliphatic carbocycles. The zero-order valence-corrected chi connectivity index (χ0v) is 15.3. The molecule has 0 radical (unpaired) electrons. The molecule has 2 rings (SSSR count). The molecule has 1 heterocycles. The summed E-state index contributed by atoms with van der Waals surface area (Å²) < 4.78 is 70.1. The van der Waals surface area contributed by atoms with Crippen molar-refractivity contribution in [3.8, 4) is 0 Å². The maximum atomic E-state index is 14.4. The first-order chi connectivity index (χ1) is 13.7. The molecule has 12 heteroatoms. The van der Waals surface area contributed by atoms with Gasteiger partial charge >= 0.3 is 0 Å². The summed E-state index contributed by atoms with van der Waals surface area (Å²) in [5.74, 6) is -2.16. The van der Waals surface area contributed by atoms with Crippen LogP contribution < -0.4 is 16.0 Å². The van der Waals surface area contributed by atoms with Crippen LogP contribution in [0.2, 0.25) is 0 Å². The lowest BCUT2D eigenvalue weighted by molar-refractivity contribution is -0.126. The second kappa shape index (κ2) is 10.5. The molecule has 1 aliphatic heterocycles. The summed E-state index contributed by atoms with van der Waals surface area (Å²) in [5, 5.41) is 2.28. The number of amides is 2. The number of ether oxygens (including phenoxy) is 1. The van der Waals surface area contributed by atoms with E-state index >= 15 is 0 Å². The number of hydrogen-bond acceptors (Lipinski definition) is 5. The van der Waals surface area contributed by atoms with E-state index in [-0.39, 0.29) is 31.1 Å². The average molecular weight is 424 g/mol. The summed E-state index contributed by atoms with van der Waals surface area (Å²) in [6, 6.07) is 2.05. The van der Waals surface area contributed by atoms with Crippen molar-refractivity contribution in [1.82, 2.24) is 4.90 Å². The summed E-state index contributed by atoms with van der Waals surface area (Å²) in [6.07, 6.45) is -5.89. The van der Waals surface area contributed by atoms with Crippen LogP contribution in [-0.2, 0) is 14.3 Å². The van der Waals surface area contributed by atoms with Gasteiger partial charge in [-0.25, -0.2) is 22.0 Å². The van der Waals surface area contributed by atoms with Gasteiger partial charge in [-0.2, -0.15) is 0 Å². The zero-order valence-electron chi connectivity index (χ0n) is 15.3. The van der Waals surface area contributed by atoms with Crippen LogP contribution in [0.3, 0.4) is 0 Å². The molecular formula is C17H21F5N4O3. The Morgan fingerprint density at radius 3 is 2.41 bits per heavy atom. The fourth-order valence-electron chi connectivity index (χ4n) is 2.91. The van der Waals surface area contributed by atoms with E-state index in [1.807, 2.05) is 0 Å². The zero-order chi connectivity index (χ0) is 21.6. The number of morpholine rings is 1. The highest BCUT2D eigenvalue weighted by atomic mass is 19.3. The lowest BCUT2D eigenvalue weighted by Crippen LogP contribution is -2.51. The fourth-order valence-corrected chi connectivity index (χ4v) is 2.91. The van der Waals surface area contributed by atoms with Crippen LogP contribution in [0.25, 0.3) is 0 Å². The number of halogens is 5. The molecule has 2 amide bonds. The van der Waals surface area contributed by atoms with Crippen molar-refractivity contribution in [3.63, 3.8) is 0 Å². The number of carbonyl (C=O) groups excluding carboxylic acids is 2. The number of hydrogen-bond donors (Lipinski definition) is 2. The number of carbonyl (C=O) groups is 2. The van der Waals surface area contributed by atoms with Crippen LogP contribution in [0.1, 0.15) is 0 Å². The monoisotopic (exact) mass is 424 g/mol. The van der Waals surface area contributed by atoms with Gasteiger partial charge in [0.15, 0.2) is 0 Å². The molecule has 1 aliphatic rings. The van der Waals surface area contributed by atoms with E-state index in [1.165, 1.54) is 17.0 Å². The van der Waals surface area contributed by atoms with E-state index in [1.54, 1.807) is 0 Å². The second-order valence-electron chi connectivity index (χ2n) is 6.24. The summed E-state index contributed by atoms with van der Waals surface area (Å²) >= 11 is 0. The quantitative estimate of drug-likeness (QED) is 0.584. The van der Waals surface area contributed by atoms with E-state index in [0.717, 1.165) is 6.07 Å². The number of nitrogens with two attached hydrogens (primary N) is 1. The molecule has 0 spiro atoms. The molecule has 1 aromatic rings. The lowest BCUT2D eigenvalue weighted by Gasteiger charge is -2.29. The van der Waals surface area contributed by atoms with Crippen LogP contribution in [0.4, 0.5) is 33.3 Å². The molecule has 162 valence electrons. The Morgan fingerprint density at radius 2 is 1.90 bits per heavy atom. The van der Waals surface area contributed by atoms with Crippen molar-refractivity contribution >= 4 is 23.2 Å². The Hall–Kier alpha value is -2.31. The lowest BCUT2D eigenvalue weighted by atomic mass is 10.2. The van der Waals surface area contributed by atoms with E-state index in [9.17, 15) is 31.5 Å². The van der Waals surface area contributed by atoms with Gasteiger partial charge in [0.2, 0.25) is 5.91 Å². The number of benzene rings is 1. The molecule has 0 saturated carbocycles. The third-order valence-electron chi connectivity index (χ3n) is 4.20. The number of anilines is 2. The summed E-state index contributed by atoms with van der Waals surface area (Å²) in [4.78, 5) is 26.0. The van der Waals surface area contributed by atoms with E-state index in [4.69, 9.17) is 10.5 Å². The average Bonchev–Trinajstić information content (AvgIpc) is 2.62. The number of nitrogens with zero attached hydrogens (tertiary/aromatic N) is 2. The fraction of sp³-hybridized carbons (Fsp3) is 0.529. The van der Waals surface area contributed by atoms with Crippen molar-refractivity contribution in [2.24, 2.45) is 5.73 Å². The molecule has 1 atom stereocenters. The smallest absolute Gasteiger partial charge is 0.253 e. The Bertz CT molecular complexity index is 712. The molecule has 0 unspecified atom stereocenters. The van der Waals surface area contributed by atoms with Gasteiger partial charge in [-0.05, 0) is 18.2 Å². The summed E-state index contributed by atoms with van der Waals surface area (Å²) in [5.41, 5.74) is 5.38. The van der Waals surface area contributed by atoms with Gasteiger partial charge in [-0.15, -0.1) is 0 Å². The first-order valence-corrected chi connectivity index (χ1v) is 8.71. The standard InChI is InChI=1S/C17H21F5N4O3/c18-11-5-10(1-2-12(11)26-3-4-29-9-16(26)27)24-17(28)13(6-23)25(7-14(19)20)8-15(21)22/h1-2,5,13-15H,3-4,6-9,23H2,(H,24,28)/t13-/m1/s1. The largest absolute Gasteiger partial charge is 0.370 e. The SMILES string of the molecule is NC[C@H](C(=O)Nc1ccc(N2CCOCC2=O)c(F)c1)N(CC(F)F)CC(F)F. The highest BCUT2D eigenvalue weighted by Gasteiger charge is 2.30. The molecule has 0 aromatic heterocycles. The number of nitrogens with one attached hydrogen (secondary N) is 1. The minimum absolute atomic E-state index is 0.0105. The normalized spacial score (nSPS) is 16.0. The molecule has 3 N–H and O–H groups in total. The van der Waals surface area contributed by atoms with Crippen LogP contribution in [0.15, 0.2) is 18.2 Å². The Labute approximate surface area is 163 Å². The van der Waals surface area contributed by atoms with Crippen LogP contribution >= 0.6 is 0 Å². The van der Waals surface area contributed by atoms with Crippen molar-refractivity contribution in [2.45, 2.75) is 18.9 Å². The van der Waals surface area contributed by atoms with Crippen molar-refractivity contribution in [1.29, 1.82) is 0 Å². The molecule has 7 nitrogen and oxygen atoms in total. The highest BCUT2D eigenvalue weighted by molar-refractivity contribution is 5.97. The Kier molecular flexibility index (Phi) is 8.29. The van der Waals surface area contributed by atoms with Crippen molar-refractivity contribution in [3.05, 3.63) is 24.0 Å². The minimum atomic E-state index is -2.95. The second-order valence-corrected chi connectivity index (χ2v) is 6.24. The first kappa shape index (κ1) is 23.0. The van der Waals surface area contributed by atoms with Gasteiger partial charge in [-0.1, -0.05) is 0 Å². The van der Waals surface area contributed by atoms with Gasteiger partial charge in [0.1, 0.15) is 18.5 Å². The topological polar surface area (TPSA) is 87.9 Å². The minimum Gasteiger partial charge on any atom is -0.370 e. The van der Waals surface area contributed by atoms with Gasteiger partial charge in [0.05, 0.1) is 25.4 Å². The van der Waals surface area contributed by atoms with E-state index in [2.05, 4.69) is 5.32 Å². The van der Waals surface area contributed by atoms with Crippen LogP contribution in [0.5, 0.6) is 0 Å². The summed E-state index contributed by atoms with van der Waals surface area (Å²) in [6.45, 7) is -2.40. The summed E-state index contributed by atoms with van der Waals surface area (Å²) in [7, 11) is 0. The first-order valence-electron chi connectivity index (χ1n) is 8.71. The predicted molar refractivity (Wildman–Crippen MR) is 94.6 cm³/mol. The number of alkyl halides is 4. The van der Waals surface area contributed by atoms with Crippen molar-refractivity contribution in [2.75, 3.05) is 49.6 Å². The van der Waals surface area contributed by atoms with Gasteiger partial charge < -0.3 is 20.7 Å². The number of rotatable bonds is 9. The van der Waals surface area contributed by atoms with Crippen LogP contribution in [-0.4, -0.2) is 75.0 Å². The predicted octanol–water partition coefficient (Wildman–Crippen LogP) is 1.29. The van der Waals surface area contributed by atoms with E-state index < -0.39 is 56.2 Å². The van der Waals surface area contributed by atoms with Gasteiger partial charge in [0.25, 0.3) is 18.8 Å². The molecule has 1 aromatic carbocycles. The molecule has 0 bridgehead atoms. The third kappa shape index (κ3) is 6.34. The van der Waals surface area contributed by atoms with E-state index in [0.29, 0.717) is 4.90 Å². The molecule has 1 saturated heterocycles. The maximum Gasteiger partial charge on any atom is 0.253 e. The van der Waals surface area contributed by atoms with Gasteiger partial charge in [0, 0.05) is 18.8 Å². The molecular weight excluding hydrogens is 403 g/mol. The van der Waals surface area contributed by atoms with Crippen LogP contribution in [0, 0.1) is 5.82 Å². The van der Waals surface area contributed by atoms with Crippen molar-refractivity contribution < 1.29 is 36.3 Å². The molecule has 29 heavy (non-hydrogen) atoms. The molecule has 1 fully saturated rings. The van der Waals surface area contributed by atoms with Gasteiger partial charge in [-0.3, -0.25) is 14.5 Å². The third-order valence-corrected chi connectivity index (χ3v) is 4.20. The Morgan fingerprint density at radius 1 is 1.24 bits per heavy atom.